The van der Waals surface area contributed by atoms with Gasteiger partial charge < -0.3 is 4.74 Å². The van der Waals surface area contributed by atoms with Crippen molar-refractivity contribution in [1.82, 2.24) is 0 Å². The molecular weight excluding hydrogens is 303 g/mol. The van der Waals surface area contributed by atoms with Crippen LogP contribution in [0.2, 0.25) is 5.02 Å². The molecule has 0 bridgehead atoms. The van der Waals surface area contributed by atoms with Crippen LogP contribution in [0.3, 0.4) is 0 Å². The molecule has 0 spiro atoms. The Hall–Kier alpha value is -1.18. The molecule has 1 heterocycles. The zero-order valence-electron chi connectivity index (χ0n) is 12.4. The molecule has 0 radical (unpaired) electrons. The Morgan fingerprint density at radius 2 is 1.90 bits per heavy atom. The molecule has 2 aromatic carbocycles. The number of fused-ring (bicyclic) bond motifs is 1. The van der Waals surface area contributed by atoms with Gasteiger partial charge in [-0.1, -0.05) is 37.6 Å². The van der Waals surface area contributed by atoms with Gasteiger partial charge in [-0.2, -0.15) is 0 Å². The van der Waals surface area contributed by atoms with Crippen molar-refractivity contribution in [2.75, 3.05) is 6.61 Å². The second-order valence-corrected chi connectivity index (χ2v) is 7.16. The zero-order chi connectivity index (χ0) is 15.2. The molecule has 0 saturated carbocycles. The molecule has 0 fully saturated rings. The molecule has 1 aliphatic heterocycles. The van der Waals surface area contributed by atoms with Crippen LogP contribution in [0.25, 0.3) is 0 Å². The van der Waals surface area contributed by atoms with Gasteiger partial charge in [-0.3, -0.25) is 0 Å². The average molecular weight is 321 g/mol. The van der Waals surface area contributed by atoms with Crippen LogP contribution in [0.4, 0.5) is 0 Å². The van der Waals surface area contributed by atoms with Crippen LogP contribution in [0, 0.1) is 6.92 Å². The van der Waals surface area contributed by atoms with E-state index < -0.39 is 0 Å². The van der Waals surface area contributed by atoms with Crippen molar-refractivity contribution >= 4 is 23.2 Å². The predicted octanol–water partition coefficient (Wildman–Crippen LogP) is 5.65. The van der Waals surface area contributed by atoms with Gasteiger partial charge in [0, 0.05) is 16.0 Å². The third kappa shape index (κ3) is 2.65. The van der Waals surface area contributed by atoms with Gasteiger partial charge in [0.05, 0.1) is 12.0 Å². The van der Waals surface area contributed by atoms with Gasteiger partial charge in [0.1, 0.15) is 5.75 Å². The third-order valence-corrected chi connectivity index (χ3v) is 4.84. The van der Waals surface area contributed by atoms with Crippen molar-refractivity contribution in [1.29, 1.82) is 0 Å². The highest BCUT2D eigenvalue weighted by Gasteiger charge is 2.32. The Morgan fingerprint density at radius 3 is 2.62 bits per heavy atom. The lowest BCUT2D eigenvalue weighted by atomic mass is 9.85. The highest BCUT2D eigenvalue weighted by atomic mass is 35.5. The molecule has 1 atom stereocenters. The van der Waals surface area contributed by atoms with E-state index in [1.54, 1.807) is 0 Å². The smallest absolute Gasteiger partial charge is 0.123 e. The standard InChI is InChI=1S/C18H18Cl2O/c1-11-8-13(19)5-6-14(11)17(20)12-4-7-16-15(9-12)18(2,3)10-21-16/h4-9,17H,10H2,1-3H3. The Balaban J connectivity index is 2.01. The number of alkyl halides is 1. The zero-order valence-corrected chi connectivity index (χ0v) is 13.9. The highest BCUT2D eigenvalue weighted by Crippen LogP contribution is 2.41. The fraction of sp³-hybridized carbons (Fsp3) is 0.333. The Labute approximate surface area is 135 Å². The normalized spacial score (nSPS) is 17.2. The Kier molecular flexibility index (Phi) is 3.67. The van der Waals surface area contributed by atoms with E-state index in [1.807, 2.05) is 37.3 Å². The summed E-state index contributed by atoms with van der Waals surface area (Å²) in [4.78, 5) is 0. The summed E-state index contributed by atoms with van der Waals surface area (Å²) < 4.78 is 5.73. The molecular formula is C18H18Cl2O. The minimum Gasteiger partial charge on any atom is -0.492 e. The van der Waals surface area contributed by atoms with Gasteiger partial charge in [-0.05, 0) is 47.9 Å². The molecule has 0 aromatic heterocycles. The number of hydrogen-bond acceptors (Lipinski definition) is 1. The van der Waals surface area contributed by atoms with Gasteiger partial charge in [0.25, 0.3) is 0 Å². The average Bonchev–Trinajstić information content (AvgIpc) is 2.74. The van der Waals surface area contributed by atoms with E-state index in [2.05, 4.69) is 19.9 Å². The van der Waals surface area contributed by atoms with Crippen molar-refractivity contribution in [3.63, 3.8) is 0 Å². The van der Waals surface area contributed by atoms with Crippen molar-refractivity contribution in [2.45, 2.75) is 31.6 Å². The van der Waals surface area contributed by atoms with Crippen molar-refractivity contribution < 1.29 is 4.74 Å². The summed E-state index contributed by atoms with van der Waals surface area (Å²) in [7, 11) is 0. The molecule has 1 aliphatic rings. The van der Waals surface area contributed by atoms with E-state index in [4.69, 9.17) is 27.9 Å². The Morgan fingerprint density at radius 1 is 1.14 bits per heavy atom. The minimum absolute atomic E-state index is 0.0387. The number of rotatable bonds is 2. The van der Waals surface area contributed by atoms with Crippen LogP contribution in [0.15, 0.2) is 36.4 Å². The van der Waals surface area contributed by atoms with Gasteiger partial charge in [-0.15, -0.1) is 11.6 Å². The molecule has 21 heavy (non-hydrogen) atoms. The number of ether oxygens (including phenoxy) is 1. The van der Waals surface area contributed by atoms with E-state index >= 15 is 0 Å². The summed E-state index contributed by atoms with van der Waals surface area (Å²) >= 11 is 12.7. The fourth-order valence-corrected chi connectivity index (χ4v) is 3.41. The number of halogens is 2. The van der Waals surface area contributed by atoms with E-state index in [-0.39, 0.29) is 10.8 Å². The van der Waals surface area contributed by atoms with Crippen LogP contribution in [0.5, 0.6) is 5.75 Å². The lowest BCUT2D eigenvalue weighted by Crippen LogP contribution is -2.18. The van der Waals surface area contributed by atoms with Crippen molar-refractivity contribution in [3.05, 3.63) is 63.7 Å². The number of aryl methyl sites for hydroxylation is 1. The quantitative estimate of drug-likeness (QED) is 0.650. The van der Waals surface area contributed by atoms with E-state index in [0.29, 0.717) is 0 Å². The summed E-state index contributed by atoms with van der Waals surface area (Å²) in [6, 6.07) is 12.1. The van der Waals surface area contributed by atoms with Gasteiger partial charge in [0.15, 0.2) is 0 Å². The maximum absolute atomic E-state index is 6.70. The topological polar surface area (TPSA) is 9.23 Å². The second kappa shape index (κ2) is 5.23. The number of hydrogen-bond donors (Lipinski definition) is 0. The number of benzene rings is 2. The van der Waals surface area contributed by atoms with Gasteiger partial charge >= 0.3 is 0 Å². The molecule has 2 aromatic rings. The first-order valence-electron chi connectivity index (χ1n) is 7.06. The van der Waals surface area contributed by atoms with Crippen LogP contribution in [0.1, 0.15) is 41.5 Å². The van der Waals surface area contributed by atoms with E-state index in [1.165, 1.54) is 5.56 Å². The maximum Gasteiger partial charge on any atom is 0.123 e. The summed E-state index contributed by atoms with van der Waals surface area (Å²) in [5.74, 6) is 0.973. The fourth-order valence-electron chi connectivity index (χ4n) is 2.80. The lowest BCUT2D eigenvalue weighted by molar-refractivity contribution is 0.291. The predicted molar refractivity (Wildman–Crippen MR) is 88.8 cm³/mol. The first-order valence-corrected chi connectivity index (χ1v) is 7.87. The Bertz CT molecular complexity index is 692. The summed E-state index contributed by atoms with van der Waals surface area (Å²) in [5, 5.41) is 0.563. The van der Waals surface area contributed by atoms with Crippen LogP contribution < -0.4 is 4.74 Å². The lowest BCUT2D eigenvalue weighted by Gasteiger charge is -2.18. The second-order valence-electron chi connectivity index (χ2n) is 6.29. The highest BCUT2D eigenvalue weighted by molar-refractivity contribution is 6.30. The van der Waals surface area contributed by atoms with Crippen LogP contribution in [-0.4, -0.2) is 6.61 Å². The molecule has 1 nitrogen and oxygen atoms in total. The first-order chi connectivity index (χ1) is 9.88. The molecule has 0 saturated heterocycles. The monoisotopic (exact) mass is 320 g/mol. The largest absolute Gasteiger partial charge is 0.492 e. The maximum atomic E-state index is 6.70. The first kappa shape index (κ1) is 14.7. The molecule has 1 unspecified atom stereocenters. The van der Waals surface area contributed by atoms with Crippen molar-refractivity contribution in [2.24, 2.45) is 0 Å². The van der Waals surface area contributed by atoms with E-state index in [9.17, 15) is 0 Å². The van der Waals surface area contributed by atoms with E-state index in [0.717, 1.165) is 34.1 Å². The molecule has 0 N–H and O–H groups in total. The van der Waals surface area contributed by atoms with Gasteiger partial charge in [-0.25, -0.2) is 0 Å². The third-order valence-electron chi connectivity index (χ3n) is 4.12. The molecule has 3 rings (SSSR count). The minimum atomic E-state index is -0.177. The van der Waals surface area contributed by atoms with Crippen LogP contribution in [-0.2, 0) is 5.41 Å². The molecule has 110 valence electrons. The molecule has 3 heteroatoms. The van der Waals surface area contributed by atoms with Gasteiger partial charge in [0.2, 0.25) is 0 Å². The summed E-state index contributed by atoms with van der Waals surface area (Å²) in [6.07, 6.45) is 0. The molecule has 0 amide bonds. The van der Waals surface area contributed by atoms with Crippen LogP contribution >= 0.6 is 23.2 Å². The summed E-state index contributed by atoms with van der Waals surface area (Å²) in [5.41, 5.74) is 4.57. The van der Waals surface area contributed by atoms with Crippen molar-refractivity contribution in [3.8, 4) is 5.75 Å². The molecule has 0 aliphatic carbocycles. The summed E-state index contributed by atoms with van der Waals surface area (Å²) in [6.45, 7) is 7.15. The SMILES string of the molecule is Cc1cc(Cl)ccc1C(Cl)c1ccc2c(c1)C(C)(C)CO2.